The maximum absolute atomic E-state index is 12.3. The predicted molar refractivity (Wildman–Crippen MR) is 99.4 cm³/mol. The van der Waals surface area contributed by atoms with Crippen molar-refractivity contribution in [2.24, 2.45) is 7.05 Å². The Bertz CT molecular complexity index is 1190. The van der Waals surface area contributed by atoms with Crippen molar-refractivity contribution in [1.29, 1.82) is 0 Å². The summed E-state index contributed by atoms with van der Waals surface area (Å²) < 4.78 is 30.7. The summed E-state index contributed by atoms with van der Waals surface area (Å²) >= 11 is 0. The Labute approximate surface area is 151 Å². The molecule has 0 spiro atoms. The molecule has 0 fully saturated rings. The standard InChI is InChI=1S/C18H17N5O2S/c1-13-7-8-23-10-16(20-17(23)9-13)14-3-5-15(6-4-14)21-26(24,25)18-11-22(2)12-19-18/h3-12,21H,1-2H3. The lowest BCUT2D eigenvalue weighted by Crippen LogP contribution is -2.13. The first-order chi connectivity index (χ1) is 12.4. The molecular weight excluding hydrogens is 350 g/mol. The monoisotopic (exact) mass is 367 g/mol. The van der Waals surface area contributed by atoms with Gasteiger partial charge in [0.05, 0.1) is 12.0 Å². The number of nitrogens with zero attached hydrogens (tertiary/aromatic N) is 4. The predicted octanol–water partition coefficient (Wildman–Crippen LogP) is 2.84. The fraction of sp³-hybridized carbons (Fsp3) is 0.111. The van der Waals surface area contributed by atoms with E-state index < -0.39 is 10.0 Å². The van der Waals surface area contributed by atoms with Crippen LogP contribution in [-0.4, -0.2) is 27.4 Å². The highest BCUT2D eigenvalue weighted by atomic mass is 32.2. The zero-order valence-electron chi connectivity index (χ0n) is 14.3. The van der Waals surface area contributed by atoms with Gasteiger partial charge in [-0.25, -0.2) is 9.97 Å². The summed E-state index contributed by atoms with van der Waals surface area (Å²) in [7, 11) is -1.98. The van der Waals surface area contributed by atoms with Crippen LogP contribution in [0.3, 0.4) is 0 Å². The zero-order chi connectivity index (χ0) is 18.3. The summed E-state index contributed by atoms with van der Waals surface area (Å²) in [5.41, 5.74) is 4.23. The summed E-state index contributed by atoms with van der Waals surface area (Å²) in [5.74, 6) is 0. The number of anilines is 1. The average molecular weight is 367 g/mol. The molecule has 26 heavy (non-hydrogen) atoms. The Hall–Kier alpha value is -3.13. The summed E-state index contributed by atoms with van der Waals surface area (Å²) in [6, 6.07) is 11.1. The van der Waals surface area contributed by atoms with Crippen molar-refractivity contribution in [2.45, 2.75) is 11.9 Å². The molecule has 1 N–H and O–H groups in total. The van der Waals surface area contributed by atoms with Gasteiger partial charge >= 0.3 is 0 Å². The lowest BCUT2D eigenvalue weighted by Gasteiger charge is -2.06. The van der Waals surface area contributed by atoms with Gasteiger partial charge in [-0.15, -0.1) is 0 Å². The van der Waals surface area contributed by atoms with E-state index in [9.17, 15) is 8.42 Å². The summed E-state index contributed by atoms with van der Waals surface area (Å²) in [6.07, 6.45) is 6.82. The van der Waals surface area contributed by atoms with Crippen LogP contribution in [0.25, 0.3) is 16.9 Å². The average Bonchev–Trinajstić information content (AvgIpc) is 3.21. The number of pyridine rings is 1. The minimum Gasteiger partial charge on any atom is -0.339 e. The molecule has 0 aliphatic heterocycles. The zero-order valence-corrected chi connectivity index (χ0v) is 15.1. The van der Waals surface area contributed by atoms with E-state index in [0.717, 1.165) is 22.5 Å². The molecule has 0 bridgehead atoms. The molecule has 0 radical (unpaired) electrons. The molecule has 0 aliphatic carbocycles. The Morgan fingerprint density at radius 3 is 2.54 bits per heavy atom. The molecule has 3 heterocycles. The molecule has 0 amide bonds. The highest BCUT2D eigenvalue weighted by Gasteiger charge is 2.17. The summed E-state index contributed by atoms with van der Waals surface area (Å²) in [4.78, 5) is 8.49. The number of rotatable bonds is 4. The molecule has 1 aromatic carbocycles. The van der Waals surface area contributed by atoms with E-state index >= 15 is 0 Å². The van der Waals surface area contributed by atoms with Gasteiger partial charge in [-0.1, -0.05) is 12.1 Å². The highest BCUT2D eigenvalue weighted by molar-refractivity contribution is 7.92. The van der Waals surface area contributed by atoms with Gasteiger partial charge in [0.1, 0.15) is 5.65 Å². The Kier molecular flexibility index (Phi) is 3.77. The van der Waals surface area contributed by atoms with Crippen LogP contribution < -0.4 is 4.72 Å². The number of hydrogen-bond donors (Lipinski definition) is 1. The van der Waals surface area contributed by atoms with Crippen LogP contribution in [-0.2, 0) is 17.1 Å². The maximum Gasteiger partial charge on any atom is 0.280 e. The lowest BCUT2D eigenvalue weighted by atomic mass is 10.1. The van der Waals surface area contributed by atoms with Gasteiger partial charge in [-0.05, 0) is 36.8 Å². The molecule has 0 saturated heterocycles. The number of nitrogens with one attached hydrogen (secondary N) is 1. The van der Waals surface area contributed by atoms with Crippen LogP contribution in [0.1, 0.15) is 5.56 Å². The molecule has 0 atom stereocenters. The van der Waals surface area contributed by atoms with Crippen LogP contribution in [0.15, 0.2) is 66.3 Å². The number of benzene rings is 1. The number of sulfonamides is 1. The number of imidazole rings is 2. The largest absolute Gasteiger partial charge is 0.339 e. The van der Waals surface area contributed by atoms with Crippen molar-refractivity contribution < 1.29 is 8.42 Å². The Morgan fingerprint density at radius 2 is 1.85 bits per heavy atom. The van der Waals surface area contributed by atoms with Gasteiger partial charge in [-0.3, -0.25) is 4.72 Å². The van der Waals surface area contributed by atoms with Crippen LogP contribution >= 0.6 is 0 Å². The van der Waals surface area contributed by atoms with Gasteiger partial charge in [0.15, 0.2) is 5.03 Å². The van der Waals surface area contributed by atoms with Crippen molar-refractivity contribution in [3.05, 3.63) is 66.9 Å². The van der Waals surface area contributed by atoms with E-state index in [4.69, 9.17) is 0 Å². The van der Waals surface area contributed by atoms with E-state index in [1.807, 2.05) is 48.0 Å². The van der Waals surface area contributed by atoms with Gasteiger partial charge in [-0.2, -0.15) is 8.42 Å². The van der Waals surface area contributed by atoms with Crippen LogP contribution in [0.2, 0.25) is 0 Å². The minimum atomic E-state index is -3.70. The molecule has 0 saturated carbocycles. The fourth-order valence-corrected chi connectivity index (χ4v) is 3.71. The second kappa shape index (κ2) is 5.99. The number of fused-ring (bicyclic) bond motifs is 1. The first-order valence-electron chi connectivity index (χ1n) is 7.97. The minimum absolute atomic E-state index is 0.0141. The van der Waals surface area contributed by atoms with Crippen LogP contribution in [0, 0.1) is 6.92 Å². The fourth-order valence-electron chi connectivity index (χ4n) is 2.67. The first-order valence-corrected chi connectivity index (χ1v) is 9.46. The van der Waals surface area contributed by atoms with Gasteiger partial charge in [0, 0.05) is 36.9 Å². The number of hydrogen-bond acceptors (Lipinski definition) is 4. The van der Waals surface area contributed by atoms with Crippen molar-refractivity contribution in [1.82, 2.24) is 18.9 Å². The van der Waals surface area contributed by atoms with Gasteiger partial charge < -0.3 is 8.97 Å². The molecule has 7 nitrogen and oxygen atoms in total. The number of aryl methyl sites for hydroxylation is 2. The van der Waals surface area contributed by atoms with Crippen molar-refractivity contribution in [3.8, 4) is 11.3 Å². The lowest BCUT2D eigenvalue weighted by molar-refractivity contribution is 0.598. The van der Waals surface area contributed by atoms with E-state index in [0.29, 0.717) is 5.69 Å². The maximum atomic E-state index is 12.3. The Morgan fingerprint density at radius 1 is 1.08 bits per heavy atom. The molecule has 0 aliphatic rings. The third-order valence-corrected chi connectivity index (χ3v) is 5.27. The molecule has 3 aromatic heterocycles. The van der Waals surface area contributed by atoms with E-state index in [-0.39, 0.29) is 5.03 Å². The normalized spacial score (nSPS) is 11.8. The second-order valence-electron chi connectivity index (χ2n) is 6.16. The molecule has 132 valence electrons. The van der Waals surface area contributed by atoms with Gasteiger partial charge in [0.2, 0.25) is 0 Å². The third-order valence-electron chi connectivity index (χ3n) is 4.01. The smallest absolute Gasteiger partial charge is 0.280 e. The van der Waals surface area contributed by atoms with E-state index in [1.54, 1.807) is 23.7 Å². The second-order valence-corrected chi connectivity index (χ2v) is 7.79. The van der Waals surface area contributed by atoms with E-state index in [1.165, 1.54) is 12.5 Å². The van der Waals surface area contributed by atoms with E-state index in [2.05, 4.69) is 14.7 Å². The third kappa shape index (κ3) is 3.06. The summed E-state index contributed by atoms with van der Waals surface area (Å²) in [5, 5.41) is -0.0141. The van der Waals surface area contributed by atoms with Crippen molar-refractivity contribution in [2.75, 3.05) is 4.72 Å². The quantitative estimate of drug-likeness (QED) is 0.601. The molecular formula is C18H17N5O2S. The van der Waals surface area contributed by atoms with Crippen molar-refractivity contribution >= 4 is 21.4 Å². The summed E-state index contributed by atoms with van der Waals surface area (Å²) in [6.45, 7) is 2.02. The molecule has 4 aromatic rings. The van der Waals surface area contributed by atoms with Crippen molar-refractivity contribution in [3.63, 3.8) is 0 Å². The molecule has 8 heteroatoms. The first kappa shape index (κ1) is 16.3. The Balaban J connectivity index is 1.60. The molecule has 0 unspecified atom stereocenters. The SMILES string of the molecule is Cc1ccn2cc(-c3ccc(NS(=O)(=O)c4cn(C)cn4)cc3)nc2c1. The van der Waals surface area contributed by atoms with Crippen LogP contribution in [0.5, 0.6) is 0 Å². The van der Waals surface area contributed by atoms with Gasteiger partial charge in [0.25, 0.3) is 10.0 Å². The molecule has 4 rings (SSSR count). The number of aromatic nitrogens is 4. The highest BCUT2D eigenvalue weighted by Crippen LogP contribution is 2.23. The topological polar surface area (TPSA) is 81.3 Å². The van der Waals surface area contributed by atoms with Crippen LogP contribution in [0.4, 0.5) is 5.69 Å².